The van der Waals surface area contributed by atoms with E-state index in [-0.39, 0.29) is 18.3 Å². The Morgan fingerprint density at radius 3 is 2.64 bits per heavy atom. The molecule has 0 unspecified atom stereocenters. The van der Waals surface area contributed by atoms with Crippen LogP contribution in [0, 0.1) is 0 Å². The second-order valence-corrected chi connectivity index (χ2v) is 5.17. The van der Waals surface area contributed by atoms with Crippen LogP contribution < -0.4 is 5.32 Å². The normalized spacial score (nSPS) is 10.4. The van der Waals surface area contributed by atoms with E-state index in [4.69, 9.17) is 0 Å². The summed E-state index contributed by atoms with van der Waals surface area (Å²) in [6.07, 6.45) is 1.95. The minimum Gasteiger partial charge on any atom is -0.469 e. The number of esters is 1. The van der Waals surface area contributed by atoms with Crippen molar-refractivity contribution in [2.45, 2.75) is 25.7 Å². The van der Waals surface area contributed by atoms with Crippen molar-refractivity contribution >= 4 is 22.6 Å². The van der Waals surface area contributed by atoms with Crippen LogP contribution in [0.1, 0.15) is 24.8 Å². The van der Waals surface area contributed by atoms with Crippen molar-refractivity contribution in [2.24, 2.45) is 0 Å². The fourth-order valence-electron chi connectivity index (χ4n) is 2.43. The Kier molecular flexibility index (Phi) is 5.95. The highest BCUT2D eigenvalue weighted by Gasteiger charge is 2.05. The predicted octanol–water partition coefficient (Wildman–Crippen LogP) is 2.84. The Morgan fingerprint density at radius 2 is 1.82 bits per heavy atom. The smallest absolute Gasteiger partial charge is 0.305 e. The quantitative estimate of drug-likeness (QED) is 0.800. The van der Waals surface area contributed by atoms with Crippen molar-refractivity contribution in [3.63, 3.8) is 0 Å². The van der Waals surface area contributed by atoms with E-state index in [1.165, 1.54) is 23.4 Å². The van der Waals surface area contributed by atoms with Crippen molar-refractivity contribution in [1.82, 2.24) is 5.32 Å². The van der Waals surface area contributed by atoms with Crippen LogP contribution in [0.25, 0.3) is 10.8 Å². The number of ether oxygens (including phenoxy) is 1. The molecule has 0 atom stereocenters. The molecule has 0 aliphatic carbocycles. The number of carbonyl (C=O) groups excluding carboxylic acids is 2. The molecule has 4 heteroatoms. The molecule has 22 heavy (non-hydrogen) atoms. The van der Waals surface area contributed by atoms with E-state index in [9.17, 15) is 9.59 Å². The Bertz CT molecular complexity index is 646. The summed E-state index contributed by atoms with van der Waals surface area (Å²) in [5.74, 6) is -0.298. The van der Waals surface area contributed by atoms with Crippen molar-refractivity contribution in [2.75, 3.05) is 13.7 Å². The molecule has 0 aromatic heterocycles. The minimum atomic E-state index is -0.274. The molecule has 0 saturated heterocycles. The van der Waals surface area contributed by atoms with Gasteiger partial charge in [0.1, 0.15) is 0 Å². The number of benzene rings is 2. The summed E-state index contributed by atoms with van der Waals surface area (Å²) >= 11 is 0. The van der Waals surface area contributed by atoms with Gasteiger partial charge in [-0.3, -0.25) is 9.59 Å². The topological polar surface area (TPSA) is 55.4 Å². The number of amides is 1. The number of methoxy groups -OCH3 is 1. The van der Waals surface area contributed by atoms with E-state index in [2.05, 4.69) is 34.3 Å². The van der Waals surface area contributed by atoms with Crippen LogP contribution in [-0.4, -0.2) is 25.5 Å². The highest BCUT2D eigenvalue weighted by molar-refractivity contribution is 5.85. The van der Waals surface area contributed by atoms with Gasteiger partial charge in [0.2, 0.25) is 5.91 Å². The van der Waals surface area contributed by atoms with Gasteiger partial charge in [0.05, 0.1) is 7.11 Å². The third-order valence-electron chi connectivity index (χ3n) is 3.61. The second kappa shape index (κ2) is 8.17. The SMILES string of the molecule is COC(=O)CCCC(=O)NCCc1cccc2ccccc12. The van der Waals surface area contributed by atoms with E-state index in [0.717, 1.165) is 6.42 Å². The first kappa shape index (κ1) is 16.0. The first-order valence-corrected chi connectivity index (χ1v) is 7.51. The van der Waals surface area contributed by atoms with Gasteiger partial charge in [0.25, 0.3) is 0 Å². The third kappa shape index (κ3) is 4.58. The van der Waals surface area contributed by atoms with Crippen LogP contribution in [-0.2, 0) is 20.7 Å². The molecule has 0 saturated carbocycles. The Hall–Kier alpha value is -2.36. The van der Waals surface area contributed by atoms with Gasteiger partial charge in [-0.2, -0.15) is 0 Å². The maximum Gasteiger partial charge on any atom is 0.305 e. The van der Waals surface area contributed by atoms with Crippen LogP contribution in [0.4, 0.5) is 0 Å². The molecule has 4 nitrogen and oxygen atoms in total. The molecule has 0 spiro atoms. The molecule has 0 aliphatic rings. The van der Waals surface area contributed by atoms with Gasteiger partial charge in [0, 0.05) is 19.4 Å². The molecule has 2 aromatic carbocycles. The van der Waals surface area contributed by atoms with E-state index in [1.807, 2.05) is 18.2 Å². The molecule has 0 heterocycles. The molecule has 2 aromatic rings. The predicted molar refractivity (Wildman–Crippen MR) is 86.5 cm³/mol. The van der Waals surface area contributed by atoms with Gasteiger partial charge in [-0.05, 0) is 29.2 Å². The van der Waals surface area contributed by atoms with Crippen LogP contribution in [0.15, 0.2) is 42.5 Å². The van der Waals surface area contributed by atoms with E-state index >= 15 is 0 Å². The number of hydrogen-bond acceptors (Lipinski definition) is 3. The molecule has 1 N–H and O–H groups in total. The van der Waals surface area contributed by atoms with Gasteiger partial charge in [0.15, 0.2) is 0 Å². The molecular weight excluding hydrogens is 278 g/mol. The van der Waals surface area contributed by atoms with E-state index in [0.29, 0.717) is 19.4 Å². The van der Waals surface area contributed by atoms with Gasteiger partial charge in [-0.25, -0.2) is 0 Å². The number of nitrogens with one attached hydrogen (secondary N) is 1. The van der Waals surface area contributed by atoms with E-state index < -0.39 is 0 Å². The highest BCUT2D eigenvalue weighted by atomic mass is 16.5. The molecule has 1 amide bonds. The van der Waals surface area contributed by atoms with Crippen LogP contribution in [0.3, 0.4) is 0 Å². The maximum absolute atomic E-state index is 11.7. The summed E-state index contributed by atoms with van der Waals surface area (Å²) < 4.78 is 4.54. The molecule has 2 rings (SSSR count). The van der Waals surface area contributed by atoms with Crippen molar-refractivity contribution in [3.05, 3.63) is 48.0 Å². The van der Waals surface area contributed by atoms with Crippen molar-refractivity contribution in [1.29, 1.82) is 0 Å². The number of carbonyl (C=O) groups is 2. The summed E-state index contributed by atoms with van der Waals surface area (Å²) in [6, 6.07) is 14.4. The molecule has 0 radical (unpaired) electrons. The second-order valence-electron chi connectivity index (χ2n) is 5.17. The monoisotopic (exact) mass is 299 g/mol. The Labute approximate surface area is 130 Å². The standard InChI is InChI=1S/C18H21NO3/c1-22-18(21)11-5-10-17(20)19-13-12-15-8-4-7-14-6-2-3-9-16(14)15/h2-4,6-9H,5,10-13H2,1H3,(H,19,20). The van der Waals surface area contributed by atoms with Gasteiger partial charge in [-0.15, -0.1) is 0 Å². The third-order valence-corrected chi connectivity index (χ3v) is 3.61. The molecule has 0 bridgehead atoms. The summed E-state index contributed by atoms with van der Waals surface area (Å²) in [6.45, 7) is 0.602. The van der Waals surface area contributed by atoms with Gasteiger partial charge in [-0.1, -0.05) is 42.5 Å². The number of fused-ring (bicyclic) bond motifs is 1. The zero-order valence-electron chi connectivity index (χ0n) is 12.8. The van der Waals surface area contributed by atoms with Gasteiger partial charge < -0.3 is 10.1 Å². The first-order chi connectivity index (χ1) is 10.7. The summed E-state index contributed by atoms with van der Waals surface area (Å²) in [4.78, 5) is 22.7. The lowest BCUT2D eigenvalue weighted by atomic mass is 10.0. The number of rotatable bonds is 7. The molecule has 116 valence electrons. The van der Waals surface area contributed by atoms with Crippen molar-refractivity contribution < 1.29 is 14.3 Å². The summed E-state index contributed by atoms with van der Waals surface area (Å²) in [7, 11) is 1.35. The summed E-state index contributed by atoms with van der Waals surface area (Å²) in [5.41, 5.74) is 1.23. The fourth-order valence-corrected chi connectivity index (χ4v) is 2.43. The Morgan fingerprint density at radius 1 is 1.05 bits per heavy atom. The lowest BCUT2D eigenvalue weighted by Gasteiger charge is -2.08. The average molecular weight is 299 g/mol. The molecule has 0 aliphatic heterocycles. The molecule has 0 fully saturated rings. The van der Waals surface area contributed by atoms with Crippen LogP contribution >= 0.6 is 0 Å². The number of hydrogen-bond donors (Lipinski definition) is 1. The minimum absolute atomic E-state index is 0.0239. The lowest BCUT2D eigenvalue weighted by Crippen LogP contribution is -2.25. The van der Waals surface area contributed by atoms with Gasteiger partial charge >= 0.3 is 5.97 Å². The van der Waals surface area contributed by atoms with Crippen molar-refractivity contribution in [3.8, 4) is 0 Å². The fraction of sp³-hybridized carbons (Fsp3) is 0.333. The highest BCUT2D eigenvalue weighted by Crippen LogP contribution is 2.18. The average Bonchev–Trinajstić information content (AvgIpc) is 2.55. The lowest BCUT2D eigenvalue weighted by molar-refractivity contribution is -0.140. The van der Waals surface area contributed by atoms with Crippen LogP contribution in [0.5, 0.6) is 0 Å². The Balaban J connectivity index is 1.78. The largest absolute Gasteiger partial charge is 0.469 e. The molecular formula is C18H21NO3. The summed E-state index contributed by atoms with van der Waals surface area (Å²) in [5, 5.41) is 5.34. The van der Waals surface area contributed by atoms with Crippen LogP contribution in [0.2, 0.25) is 0 Å². The van der Waals surface area contributed by atoms with E-state index in [1.54, 1.807) is 0 Å². The zero-order valence-corrected chi connectivity index (χ0v) is 12.8. The first-order valence-electron chi connectivity index (χ1n) is 7.51. The zero-order chi connectivity index (χ0) is 15.8. The maximum atomic E-state index is 11.7.